The third kappa shape index (κ3) is 1.60. The zero-order chi connectivity index (χ0) is 13.8. The molecular formula is C15H16O4. The number of allylic oxidation sites excluding steroid dienone is 1. The zero-order valence-electron chi connectivity index (χ0n) is 11.2. The Morgan fingerprint density at radius 2 is 2.11 bits per heavy atom. The van der Waals surface area contributed by atoms with Gasteiger partial charge in [-0.2, -0.15) is 0 Å². The average molecular weight is 260 g/mol. The van der Waals surface area contributed by atoms with Crippen LogP contribution in [0.4, 0.5) is 0 Å². The van der Waals surface area contributed by atoms with Crippen LogP contribution in [0.2, 0.25) is 0 Å². The number of hydrogen-bond acceptors (Lipinski definition) is 4. The molecule has 1 N–H and O–H groups in total. The summed E-state index contributed by atoms with van der Waals surface area (Å²) in [5.74, 6) is -1.15. The first-order chi connectivity index (χ1) is 8.93. The standard InChI is InChI=1S/C15H16O4/c1-8(2)15(17)14(16)11-5-4-10-6-9(3)18-7-12(10)13(11)19-15/h4-6,8,17H,7H2,1-3H3. The predicted octanol–water partition coefficient (Wildman–Crippen LogP) is 2.50. The van der Waals surface area contributed by atoms with E-state index in [1.807, 2.05) is 19.1 Å². The second-order valence-electron chi connectivity index (χ2n) is 5.34. The number of benzene rings is 1. The Morgan fingerprint density at radius 1 is 1.37 bits per heavy atom. The van der Waals surface area contributed by atoms with Crippen molar-refractivity contribution in [1.82, 2.24) is 0 Å². The normalized spacial score (nSPS) is 24.5. The van der Waals surface area contributed by atoms with E-state index in [4.69, 9.17) is 9.47 Å². The van der Waals surface area contributed by atoms with Crippen molar-refractivity contribution in [2.24, 2.45) is 5.92 Å². The van der Waals surface area contributed by atoms with Gasteiger partial charge in [0.15, 0.2) is 0 Å². The quantitative estimate of drug-likeness (QED) is 0.843. The SMILES string of the molecule is CC1=Cc2ccc3c(c2CO1)OC(O)(C(C)C)C3=O. The van der Waals surface area contributed by atoms with E-state index < -0.39 is 5.79 Å². The van der Waals surface area contributed by atoms with Crippen LogP contribution in [-0.2, 0) is 11.3 Å². The third-order valence-corrected chi connectivity index (χ3v) is 3.71. The van der Waals surface area contributed by atoms with Crippen LogP contribution in [0.25, 0.3) is 6.08 Å². The highest BCUT2D eigenvalue weighted by Crippen LogP contribution is 2.43. The second-order valence-corrected chi connectivity index (χ2v) is 5.34. The number of ketones is 1. The summed E-state index contributed by atoms with van der Waals surface area (Å²) in [5, 5.41) is 10.4. The van der Waals surface area contributed by atoms with E-state index in [-0.39, 0.29) is 11.7 Å². The molecule has 0 amide bonds. The predicted molar refractivity (Wildman–Crippen MR) is 69.6 cm³/mol. The molecule has 0 saturated heterocycles. The monoisotopic (exact) mass is 260 g/mol. The maximum absolute atomic E-state index is 12.3. The molecule has 1 aromatic carbocycles. The Kier molecular flexibility index (Phi) is 2.47. The molecule has 0 fully saturated rings. The highest BCUT2D eigenvalue weighted by Gasteiger charge is 2.50. The van der Waals surface area contributed by atoms with Crippen molar-refractivity contribution in [2.75, 3.05) is 0 Å². The van der Waals surface area contributed by atoms with Crippen LogP contribution in [0.3, 0.4) is 0 Å². The Balaban J connectivity index is 2.15. The molecule has 0 spiro atoms. The molecule has 4 heteroatoms. The molecule has 0 bridgehead atoms. The lowest BCUT2D eigenvalue weighted by Crippen LogP contribution is -2.45. The molecule has 100 valence electrons. The van der Waals surface area contributed by atoms with E-state index in [1.165, 1.54) is 0 Å². The first-order valence-electron chi connectivity index (χ1n) is 6.36. The van der Waals surface area contributed by atoms with E-state index >= 15 is 0 Å². The van der Waals surface area contributed by atoms with Crippen molar-refractivity contribution in [3.63, 3.8) is 0 Å². The molecule has 0 radical (unpaired) electrons. The highest BCUT2D eigenvalue weighted by molar-refractivity contribution is 6.07. The lowest BCUT2D eigenvalue weighted by molar-refractivity contribution is -0.121. The van der Waals surface area contributed by atoms with E-state index in [0.29, 0.717) is 17.9 Å². The van der Waals surface area contributed by atoms with Gasteiger partial charge in [-0.25, -0.2) is 0 Å². The summed E-state index contributed by atoms with van der Waals surface area (Å²) in [6.45, 7) is 5.77. The van der Waals surface area contributed by atoms with Crippen LogP contribution in [-0.4, -0.2) is 16.7 Å². The van der Waals surface area contributed by atoms with Gasteiger partial charge >= 0.3 is 0 Å². The summed E-state index contributed by atoms with van der Waals surface area (Å²) in [4.78, 5) is 12.3. The maximum atomic E-state index is 12.3. The molecule has 1 atom stereocenters. The number of rotatable bonds is 1. The molecule has 2 aliphatic rings. The summed E-state index contributed by atoms with van der Waals surface area (Å²) < 4.78 is 11.1. The van der Waals surface area contributed by atoms with Gasteiger partial charge in [-0.1, -0.05) is 19.9 Å². The first kappa shape index (κ1) is 12.2. The minimum absolute atomic E-state index is 0.315. The number of hydrogen-bond donors (Lipinski definition) is 1. The Hall–Kier alpha value is -1.81. The fraction of sp³-hybridized carbons (Fsp3) is 0.400. The van der Waals surface area contributed by atoms with E-state index in [2.05, 4.69) is 0 Å². The van der Waals surface area contributed by atoms with Crippen molar-refractivity contribution in [1.29, 1.82) is 0 Å². The molecule has 19 heavy (non-hydrogen) atoms. The number of Topliss-reactive ketones (excluding diaryl/α,β-unsaturated/α-hetero) is 1. The summed E-state index contributed by atoms with van der Waals surface area (Å²) in [7, 11) is 0. The third-order valence-electron chi connectivity index (χ3n) is 3.71. The van der Waals surface area contributed by atoms with Crippen LogP contribution < -0.4 is 4.74 Å². The molecular weight excluding hydrogens is 244 g/mol. The van der Waals surface area contributed by atoms with E-state index in [0.717, 1.165) is 16.9 Å². The molecule has 2 aliphatic heterocycles. The largest absolute Gasteiger partial charge is 0.493 e. The van der Waals surface area contributed by atoms with Gasteiger partial charge in [0.1, 0.15) is 12.4 Å². The summed E-state index contributed by atoms with van der Waals surface area (Å²) >= 11 is 0. The Morgan fingerprint density at radius 3 is 2.79 bits per heavy atom. The Bertz CT molecular complexity index is 600. The molecule has 2 heterocycles. The average Bonchev–Trinajstić information content (AvgIpc) is 2.63. The van der Waals surface area contributed by atoms with Crippen molar-refractivity contribution < 1.29 is 19.4 Å². The van der Waals surface area contributed by atoms with E-state index in [9.17, 15) is 9.90 Å². The lowest BCUT2D eigenvalue weighted by Gasteiger charge is -2.25. The van der Waals surface area contributed by atoms with Gasteiger partial charge in [0.25, 0.3) is 5.79 Å². The zero-order valence-corrected chi connectivity index (χ0v) is 11.2. The van der Waals surface area contributed by atoms with Crippen LogP contribution in [0.5, 0.6) is 5.75 Å². The lowest BCUT2D eigenvalue weighted by atomic mass is 9.94. The Labute approximate surface area is 111 Å². The molecule has 1 unspecified atom stereocenters. The van der Waals surface area contributed by atoms with Gasteiger partial charge in [0, 0.05) is 11.5 Å². The molecule has 0 aliphatic carbocycles. The number of ether oxygens (including phenoxy) is 2. The molecule has 1 aromatic rings. The topological polar surface area (TPSA) is 55.8 Å². The summed E-state index contributed by atoms with van der Waals surface area (Å²) in [6, 6.07) is 3.58. The number of aliphatic hydroxyl groups is 1. The minimum atomic E-state index is -1.76. The molecule has 3 rings (SSSR count). The van der Waals surface area contributed by atoms with Gasteiger partial charge in [0.2, 0.25) is 5.78 Å². The van der Waals surface area contributed by atoms with Gasteiger partial charge in [0.05, 0.1) is 11.3 Å². The van der Waals surface area contributed by atoms with Crippen LogP contribution in [0.15, 0.2) is 17.9 Å². The molecule has 0 saturated carbocycles. The summed E-state index contributed by atoms with van der Waals surface area (Å²) in [6.07, 6.45) is 1.90. The maximum Gasteiger partial charge on any atom is 0.275 e. The van der Waals surface area contributed by atoms with Crippen molar-refractivity contribution >= 4 is 11.9 Å². The van der Waals surface area contributed by atoms with Crippen molar-refractivity contribution in [3.05, 3.63) is 34.6 Å². The van der Waals surface area contributed by atoms with Crippen molar-refractivity contribution in [3.8, 4) is 5.75 Å². The highest BCUT2D eigenvalue weighted by atomic mass is 16.6. The second kappa shape index (κ2) is 3.84. The van der Waals surface area contributed by atoms with Crippen molar-refractivity contribution in [2.45, 2.75) is 33.2 Å². The van der Waals surface area contributed by atoms with Crippen LogP contribution in [0.1, 0.15) is 42.3 Å². The first-order valence-corrected chi connectivity index (χ1v) is 6.36. The number of carbonyl (C=O) groups is 1. The van der Waals surface area contributed by atoms with Gasteiger partial charge in [-0.05, 0) is 24.6 Å². The van der Waals surface area contributed by atoms with Gasteiger partial charge in [-0.3, -0.25) is 4.79 Å². The van der Waals surface area contributed by atoms with Gasteiger partial charge < -0.3 is 14.6 Å². The minimum Gasteiger partial charge on any atom is -0.493 e. The van der Waals surface area contributed by atoms with Crippen LogP contribution >= 0.6 is 0 Å². The summed E-state index contributed by atoms with van der Waals surface area (Å²) in [5.41, 5.74) is 2.24. The molecule has 4 nitrogen and oxygen atoms in total. The fourth-order valence-corrected chi connectivity index (χ4v) is 2.44. The van der Waals surface area contributed by atoms with E-state index in [1.54, 1.807) is 19.9 Å². The number of fused-ring (bicyclic) bond motifs is 3. The number of carbonyl (C=O) groups excluding carboxylic acids is 1. The van der Waals surface area contributed by atoms with Gasteiger partial charge in [-0.15, -0.1) is 0 Å². The molecule has 0 aromatic heterocycles. The van der Waals surface area contributed by atoms with Crippen LogP contribution in [0, 0.1) is 5.92 Å². The smallest absolute Gasteiger partial charge is 0.275 e. The fourth-order valence-electron chi connectivity index (χ4n) is 2.44.